The smallest absolute Gasteiger partial charge is 0.255 e. The topological polar surface area (TPSA) is 62.5 Å². The number of nitrogens with zero attached hydrogens (tertiary/aromatic N) is 2. The predicted molar refractivity (Wildman–Crippen MR) is 83.2 cm³/mol. The van der Waals surface area contributed by atoms with Crippen LogP contribution in [-0.4, -0.2) is 39.7 Å². The van der Waals surface area contributed by atoms with Crippen molar-refractivity contribution in [2.45, 2.75) is 18.9 Å². The van der Waals surface area contributed by atoms with E-state index in [-0.39, 0.29) is 17.6 Å². The number of pyridine rings is 1. The fraction of sp³-hybridized carbons (Fsp3) is 0.294. The molecule has 0 spiro atoms. The van der Waals surface area contributed by atoms with E-state index < -0.39 is 0 Å². The van der Waals surface area contributed by atoms with Crippen LogP contribution in [0.3, 0.4) is 0 Å². The van der Waals surface area contributed by atoms with Crippen LogP contribution in [0.1, 0.15) is 23.2 Å². The van der Waals surface area contributed by atoms with Gasteiger partial charge in [0, 0.05) is 31.0 Å². The molecule has 1 fully saturated rings. The highest BCUT2D eigenvalue weighted by molar-refractivity contribution is 5.94. The highest BCUT2D eigenvalue weighted by Crippen LogP contribution is 2.14. The van der Waals surface area contributed by atoms with Crippen LogP contribution in [-0.2, 0) is 0 Å². The Morgan fingerprint density at radius 1 is 1.05 bits per heavy atom. The van der Waals surface area contributed by atoms with Gasteiger partial charge in [0.1, 0.15) is 0 Å². The van der Waals surface area contributed by atoms with E-state index in [9.17, 15) is 14.7 Å². The van der Waals surface area contributed by atoms with Gasteiger partial charge in [0.25, 0.3) is 11.5 Å². The third-order valence-corrected chi connectivity index (χ3v) is 3.94. The van der Waals surface area contributed by atoms with Crippen LogP contribution in [0, 0.1) is 0 Å². The molecule has 1 saturated heterocycles. The number of aromatic nitrogens is 1. The van der Waals surface area contributed by atoms with Crippen molar-refractivity contribution in [1.82, 2.24) is 9.47 Å². The molecule has 1 aliphatic rings. The Bertz CT molecular complexity index is 716. The number of para-hydroxylation sites is 1. The number of rotatable bonds is 2. The van der Waals surface area contributed by atoms with Gasteiger partial charge >= 0.3 is 0 Å². The van der Waals surface area contributed by atoms with Crippen LogP contribution in [0.2, 0.25) is 0 Å². The van der Waals surface area contributed by atoms with Crippen molar-refractivity contribution >= 4 is 5.91 Å². The molecule has 0 aliphatic carbocycles. The average molecular weight is 298 g/mol. The summed E-state index contributed by atoms with van der Waals surface area (Å²) in [6, 6.07) is 12.2. The van der Waals surface area contributed by atoms with Gasteiger partial charge in [-0.15, -0.1) is 0 Å². The highest BCUT2D eigenvalue weighted by atomic mass is 16.3. The van der Waals surface area contributed by atoms with Crippen LogP contribution in [0.5, 0.6) is 0 Å². The minimum absolute atomic E-state index is 0.100. The molecule has 2 heterocycles. The van der Waals surface area contributed by atoms with E-state index in [2.05, 4.69) is 0 Å². The minimum atomic E-state index is -0.317. The number of carbonyl (C=O) groups excluding carboxylic acids is 1. The molecule has 2 aromatic rings. The van der Waals surface area contributed by atoms with Crippen molar-refractivity contribution in [3.63, 3.8) is 0 Å². The first-order chi connectivity index (χ1) is 10.6. The molecule has 5 heteroatoms. The summed E-state index contributed by atoms with van der Waals surface area (Å²) >= 11 is 0. The zero-order valence-electron chi connectivity index (χ0n) is 12.2. The first kappa shape index (κ1) is 14.5. The van der Waals surface area contributed by atoms with Gasteiger partial charge < -0.3 is 10.0 Å². The van der Waals surface area contributed by atoms with E-state index in [1.165, 1.54) is 10.6 Å². The van der Waals surface area contributed by atoms with Crippen molar-refractivity contribution in [2.24, 2.45) is 0 Å². The Labute approximate surface area is 128 Å². The lowest BCUT2D eigenvalue weighted by Crippen LogP contribution is -2.40. The first-order valence-corrected chi connectivity index (χ1v) is 7.40. The monoisotopic (exact) mass is 298 g/mol. The lowest BCUT2D eigenvalue weighted by atomic mass is 10.1. The number of likely N-dealkylation sites (tertiary alicyclic amines) is 1. The lowest BCUT2D eigenvalue weighted by Gasteiger charge is -2.29. The van der Waals surface area contributed by atoms with E-state index in [0.717, 1.165) is 5.69 Å². The summed E-state index contributed by atoms with van der Waals surface area (Å²) in [5, 5.41) is 9.53. The van der Waals surface area contributed by atoms with Gasteiger partial charge in [-0.1, -0.05) is 18.2 Å². The normalized spacial score (nSPS) is 15.8. The van der Waals surface area contributed by atoms with Gasteiger partial charge in [0.05, 0.1) is 11.7 Å². The second-order valence-electron chi connectivity index (χ2n) is 5.48. The van der Waals surface area contributed by atoms with Crippen LogP contribution in [0.4, 0.5) is 0 Å². The number of carbonyl (C=O) groups is 1. The molecule has 114 valence electrons. The Morgan fingerprint density at radius 2 is 1.73 bits per heavy atom. The van der Waals surface area contributed by atoms with Crippen molar-refractivity contribution < 1.29 is 9.90 Å². The highest BCUT2D eigenvalue weighted by Gasteiger charge is 2.22. The molecular formula is C17H18N2O3. The summed E-state index contributed by atoms with van der Waals surface area (Å²) in [7, 11) is 0. The summed E-state index contributed by atoms with van der Waals surface area (Å²) in [5.41, 5.74) is 1.05. The quantitative estimate of drug-likeness (QED) is 0.912. The molecule has 1 amide bonds. The predicted octanol–water partition coefficient (Wildman–Crippen LogP) is 1.43. The maximum absolute atomic E-state index is 12.5. The summed E-state index contributed by atoms with van der Waals surface area (Å²) in [6.45, 7) is 1.09. The number of aliphatic hydroxyl groups is 1. The third-order valence-electron chi connectivity index (χ3n) is 3.94. The summed E-state index contributed by atoms with van der Waals surface area (Å²) in [5.74, 6) is -0.100. The first-order valence-electron chi connectivity index (χ1n) is 7.40. The standard InChI is InChI=1S/C17H18N2O3/c20-15-8-10-18(11-9-15)17(22)13-6-7-16(21)19(12-13)14-4-2-1-3-5-14/h1-7,12,15,20H,8-11H2. The van der Waals surface area contributed by atoms with Gasteiger partial charge in [-0.05, 0) is 31.0 Å². The molecule has 0 atom stereocenters. The van der Waals surface area contributed by atoms with E-state index in [0.29, 0.717) is 31.5 Å². The minimum Gasteiger partial charge on any atom is -0.393 e. The summed E-state index contributed by atoms with van der Waals surface area (Å²) in [4.78, 5) is 26.3. The van der Waals surface area contributed by atoms with E-state index in [4.69, 9.17) is 0 Å². The van der Waals surface area contributed by atoms with Crippen molar-refractivity contribution in [2.75, 3.05) is 13.1 Å². The molecule has 1 aromatic carbocycles. The van der Waals surface area contributed by atoms with Gasteiger partial charge in [-0.2, -0.15) is 0 Å². The Balaban J connectivity index is 1.89. The largest absolute Gasteiger partial charge is 0.393 e. The second kappa shape index (κ2) is 6.15. The fourth-order valence-electron chi connectivity index (χ4n) is 2.66. The molecule has 3 rings (SSSR count). The molecule has 1 N–H and O–H groups in total. The number of piperidine rings is 1. The van der Waals surface area contributed by atoms with Crippen molar-refractivity contribution in [1.29, 1.82) is 0 Å². The van der Waals surface area contributed by atoms with E-state index in [1.54, 1.807) is 17.2 Å². The number of aliphatic hydroxyl groups excluding tert-OH is 1. The van der Waals surface area contributed by atoms with Crippen LogP contribution in [0.25, 0.3) is 5.69 Å². The molecule has 0 saturated carbocycles. The zero-order valence-corrected chi connectivity index (χ0v) is 12.2. The Kier molecular flexibility index (Phi) is 4.06. The maximum atomic E-state index is 12.5. The fourth-order valence-corrected chi connectivity index (χ4v) is 2.66. The van der Waals surface area contributed by atoms with Crippen LogP contribution < -0.4 is 5.56 Å². The maximum Gasteiger partial charge on any atom is 0.255 e. The molecule has 1 aliphatic heterocycles. The Hall–Kier alpha value is -2.40. The zero-order chi connectivity index (χ0) is 15.5. The number of benzene rings is 1. The van der Waals surface area contributed by atoms with Gasteiger partial charge in [-0.3, -0.25) is 14.2 Å². The average Bonchev–Trinajstić information content (AvgIpc) is 2.56. The summed E-state index contributed by atoms with van der Waals surface area (Å²) in [6.07, 6.45) is 2.47. The molecule has 5 nitrogen and oxygen atoms in total. The molecule has 1 aromatic heterocycles. The SMILES string of the molecule is O=C(c1ccc(=O)n(-c2ccccc2)c1)N1CCC(O)CC1. The third kappa shape index (κ3) is 2.94. The summed E-state index contributed by atoms with van der Waals surface area (Å²) < 4.78 is 1.48. The van der Waals surface area contributed by atoms with E-state index >= 15 is 0 Å². The van der Waals surface area contributed by atoms with Gasteiger partial charge in [0.2, 0.25) is 0 Å². The number of hydrogen-bond donors (Lipinski definition) is 1. The molecule has 22 heavy (non-hydrogen) atoms. The Morgan fingerprint density at radius 3 is 2.41 bits per heavy atom. The van der Waals surface area contributed by atoms with Crippen molar-refractivity contribution in [3.05, 3.63) is 64.6 Å². The molecular weight excluding hydrogens is 280 g/mol. The van der Waals surface area contributed by atoms with Gasteiger partial charge in [-0.25, -0.2) is 0 Å². The second-order valence-corrected chi connectivity index (χ2v) is 5.48. The van der Waals surface area contributed by atoms with Crippen molar-refractivity contribution in [3.8, 4) is 5.69 Å². The van der Waals surface area contributed by atoms with Crippen LogP contribution in [0.15, 0.2) is 53.5 Å². The van der Waals surface area contributed by atoms with Gasteiger partial charge in [0.15, 0.2) is 0 Å². The molecule has 0 unspecified atom stereocenters. The molecule has 0 radical (unpaired) electrons. The van der Waals surface area contributed by atoms with Crippen LogP contribution >= 0.6 is 0 Å². The number of amides is 1. The lowest BCUT2D eigenvalue weighted by molar-refractivity contribution is 0.0546. The van der Waals surface area contributed by atoms with E-state index in [1.807, 2.05) is 30.3 Å². The molecule has 0 bridgehead atoms. The number of hydrogen-bond acceptors (Lipinski definition) is 3.